The van der Waals surface area contributed by atoms with Gasteiger partial charge in [0.25, 0.3) is 5.56 Å². The lowest BCUT2D eigenvalue weighted by Crippen LogP contribution is -2.20. The number of rotatable bonds is 6. The van der Waals surface area contributed by atoms with Gasteiger partial charge in [-0.25, -0.2) is 9.37 Å². The smallest absolute Gasteiger partial charge is 0.311 e. The number of para-hydroxylation sites is 1. The number of aromatic nitrogens is 2. The third-order valence-corrected chi connectivity index (χ3v) is 5.33. The Kier molecular flexibility index (Phi) is 6.27. The van der Waals surface area contributed by atoms with Gasteiger partial charge in [0.05, 0.1) is 22.0 Å². The van der Waals surface area contributed by atoms with Gasteiger partial charge in [0, 0.05) is 21.7 Å². The highest BCUT2D eigenvalue weighted by molar-refractivity contribution is 9.10. The van der Waals surface area contributed by atoms with E-state index in [2.05, 4.69) is 26.0 Å². The number of nitro groups is 1. The third kappa shape index (κ3) is 4.65. The first-order valence-corrected chi connectivity index (χ1v) is 10.5. The monoisotopic (exact) mass is 510 g/mol. The molecule has 0 fully saturated rings. The van der Waals surface area contributed by atoms with Crippen molar-refractivity contribution in [3.8, 4) is 5.75 Å². The third-order valence-electron chi connectivity index (χ3n) is 4.83. The molecule has 8 nitrogen and oxygen atoms in total. The maximum absolute atomic E-state index is 14.0. The minimum absolute atomic E-state index is 0.0864. The van der Waals surface area contributed by atoms with Crippen LogP contribution in [0.5, 0.6) is 5.75 Å². The lowest BCUT2D eigenvalue weighted by molar-refractivity contribution is -0.386. The molecule has 33 heavy (non-hydrogen) atoms. The normalized spacial score (nSPS) is 11.2. The maximum atomic E-state index is 14.0. The highest BCUT2D eigenvalue weighted by Crippen LogP contribution is 2.31. The second-order valence-corrected chi connectivity index (χ2v) is 7.93. The average Bonchev–Trinajstić information content (AvgIpc) is 2.79. The van der Waals surface area contributed by atoms with Gasteiger partial charge in [0.2, 0.25) is 5.75 Å². The number of nitrogens with zero attached hydrogens (tertiary/aromatic N) is 4. The summed E-state index contributed by atoms with van der Waals surface area (Å²) in [4.78, 5) is 28.3. The van der Waals surface area contributed by atoms with Crippen LogP contribution in [0.25, 0.3) is 10.9 Å². The molecular formula is C23H16BrFN4O4. The fraction of sp³-hybridized carbons (Fsp3) is 0.0870. The number of fused-ring (bicyclic) bond motifs is 1. The van der Waals surface area contributed by atoms with Crippen molar-refractivity contribution in [1.82, 2.24) is 9.66 Å². The summed E-state index contributed by atoms with van der Waals surface area (Å²) in [5.74, 6) is -0.232. The van der Waals surface area contributed by atoms with Gasteiger partial charge >= 0.3 is 5.69 Å². The van der Waals surface area contributed by atoms with Crippen molar-refractivity contribution >= 4 is 38.7 Å². The summed E-state index contributed by atoms with van der Waals surface area (Å²) in [5, 5.41) is 16.1. The fourth-order valence-electron chi connectivity index (χ4n) is 3.23. The predicted octanol–water partition coefficient (Wildman–Crippen LogP) is 4.98. The van der Waals surface area contributed by atoms with E-state index >= 15 is 0 Å². The number of nitro benzene ring substituents is 1. The molecule has 4 rings (SSSR count). The number of hydrogen-bond donors (Lipinski definition) is 0. The second kappa shape index (κ2) is 9.29. The molecule has 0 atom stereocenters. The minimum atomic E-state index is -0.597. The van der Waals surface area contributed by atoms with E-state index in [1.54, 1.807) is 37.3 Å². The SMILES string of the molecule is Cc1nc2ccc(Br)cc2c(=O)n1N=Cc1cccc([N+](=O)[O-])c1OCc1ccccc1F. The van der Waals surface area contributed by atoms with Crippen LogP contribution in [0.4, 0.5) is 10.1 Å². The standard InChI is InChI=1S/C23H16BrFN4O4/c1-14-27-20-10-9-17(24)11-18(20)23(30)28(14)26-12-15-6-4-8-21(29(31)32)22(15)33-13-16-5-2-3-7-19(16)25/h2-12H,13H2,1H3. The fourth-order valence-corrected chi connectivity index (χ4v) is 3.59. The molecule has 0 saturated heterocycles. The lowest BCUT2D eigenvalue weighted by atomic mass is 10.2. The first kappa shape index (κ1) is 22.3. The van der Waals surface area contributed by atoms with Gasteiger partial charge in [-0.15, -0.1) is 0 Å². The van der Waals surface area contributed by atoms with E-state index in [0.717, 1.165) is 9.15 Å². The van der Waals surface area contributed by atoms with Crippen molar-refractivity contribution in [2.24, 2.45) is 5.10 Å². The van der Waals surface area contributed by atoms with Crippen LogP contribution < -0.4 is 10.3 Å². The molecule has 1 aromatic heterocycles. The van der Waals surface area contributed by atoms with Crippen molar-refractivity contribution in [1.29, 1.82) is 0 Å². The zero-order chi connectivity index (χ0) is 23.5. The van der Waals surface area contributed by atoms with E-state index in [1.165, 1.54) is 36.5 Å². The molecule has 0 aliphatic carbocycles. The Morgan fingerprint density at radius 3 is 2.76 bits per heavy atom. The van der Waals surface area contributed by atoms with Crippen LogP contribution in [-0.4, -0.2) is 20.8 Å². The number of aryl methyl sites for hydroxylation is 1. The van der Waals surface area contributed by atoms with Crippen LogP contribution in [0.1, 0.15) is 17.0 Å². The lowest BCUT2D eigenvalue weighted by Gasteiger charge is -2.10. The molecule has 0 aliphatic rings. The Hall–Kier alpha value is -3.92. The largest absolute Gasteiger partial charge is 0.481 e. The zero-order valence-corrected chi connectivity index (χ0v) is 18.8. The summed E-state index contributed by atoms with van der Waals surface area (Å²) in [5.41, 5.74) is 0.321. The van der Waals surface area contributed by atoms with Crippen LogP contribution in [0.15, 0.2) is 75.0 Å². The van der Waals surface area contributed by atoms with Crippen molar-refractivity contribution in [2.75, 3.05) is 0 Å². The number of hydrogen-bond acceptors (Lipinski definition) is 6. The molecule has 3 aromatic carbocycles. The number of halogens is 2. The zero-order valence-electron chi connectivity index (χ0n) is 17.2. The summed E-state index contributed by atoms with van der Waals surface area (Å²) in [6.45, 7) is 1.41. The molecule has 0 saturated carbocycles. The van der Waals surface area contributed by atoms with E-state index in [1.807, 2.05) is 0 Å². The number of ether oxygens (including phenoxy) is 1. The van der Waals surface area contributed by atoms with Gasteiger partial charge in [-0.3, -0.25) is 14.9 Å². The molecule has 0 bridgehead atoms. The van der Waals surface area contributed by atoms with E-state index < -0.39 is 16.3 Å². The minimum Gasteiger partial charge on any atom is -0.481 e. The average molecular weight is 511 g/mol. The summed E-state index contributed by atoms with van der Waals surface area (Å²) in [6, 6.07) is 15.4. The van der Waals surface area contributed by atoms with Crippen molar-refractivity contribution < 1.29 is 14.1 Å². The van der Waals surface area contributed by atoms with Crippen molar-refractivity contribution in [3.05, 3.63) is 108 Å². The number of benzene rings is 3. The molecule has 10 heteroatoms. The molecule has 4 aromatic rings. The van der Waals surface area contributed by atoms with Crippen LogP contribution >= 0.6 is 15.9 Å². The molecule has 0 spiro atoms. The summed E-state index contributed by atoms with van der Waals surface area (Å²) in [6.07, 6.45) is 1.28. The highest BCUT2D eigenvalue weighted by Gasteiger charge is 2.19. The first-order chi connectivity index (χ1) is 15.8. The van der Waals surface area contributed by atoms with Gasteiger partial charge in [-0.1, -0.05) is 40.2 Å². The van der Waals surface area contributed by atoms with Gasteiger partial charge in [-0.05, 0) is 37.3 Å². The first-order valence-electron chi connectivity index (χ1n) is 9.72. The van der Waals surface area contributed by atoms with Crippen LogP contribution in [-0.2, 0) is 6.61 Å². The molecule has 1 heterocycles. The highest BCUT2D eigenvalue weighted by atomic mass is 79.9. The molecule has 0 aliphatic heterocycles. The Labute approximate surface area is 195 Å². The topological polar surface area (TPSA) is 99.6 Å². The molecule has 0 N–H and O–H groups in total. The van der Waals surface area contributed by atoms with Crippen LogP contribution in [0.2, 0.25) is 0 Å². The van der Waals surface area contributed by atoms with Crippen molar-refractivity contribution in [2.45, 2.75) is 13.5 Å². The van der Waals surface area contributed by atoms with E-state index in [-0.39, 0.29) is 29.2 Å². The Morgan fingerprint density at radius 2 is 2.00 bits per heavy atom. The van der Waals surface area contributed by atoms with Gasteiger partial charge in [0.1, 0.15) is 18.2 Å². The molecule has 0 radical (unpaired) electrons. The maximum Gasteiger partial charge on any atom is 0.311 e. The van der Waals surface area contributed by atoms with E-state index in [9.17, 15) is 19.3 Å². The van der Waals surface area contributed by atoms with E-state index in [0.29, 0.717) is 16.7 Å². The Balaban J connectivity index is 1.75. The molecule has 0 unspecified atom stereocenters. The van der Waals surface area contributed by atoms with E-state index in [4.69, 9.17) is 4.74 Å². The summed E-state index contributed by atoms with van der Waals surface area (Å²) < 4.78 is 21.5. The van der Waals surface area contributed by atoms with Crippen LogP contribution in [0.3, 0.4) is 0 Å². The van der Waals surface area contributed by atoms with Crippen molar-refractivity contribution in [3.63, 3.8) is 0 Å². The summed E-state index contributed by atoms with van der Waals surface area (Å²) in [7, 11) is 0. The Bertz CT molecular complexity index is 1470. The van der Waals surface area contributed by atoms with Gasteiger partial charge in [-0.2, -0.15) is 9.78 Å². The second-order valence-electron chi connectivity index (χ2n) is 7.01. The predicted molar refractivity (Wildman–Crippen MR) is 125 cm³/mol. The summed E-state index contributed by atoms with van der Waals surface area (Å²) >= 11 is 3.34. The molecule has 0 amide bonds. The molecule has 166 valence electrons. The molecular weight excluding hydrogens is 495 g/mol. The Morgan fingerprint density at radius 1 is 1.21 bits per heavy atom. The quantitative estimate of drug-likeness (QED) is 0.207. The van der Waals surface area contributed by atoms with Crippen LogP contribution in [0, 0.1) is 22.9 Å². The van der Waals surface area contributed by atoms with Gasteiger partial charge in [0.15, 0.2) is 0 Å². The van der Waals surface area contributed by atoms with Gasteiger partial charge < -0.3 is 4.74 Å².